The number of ether oxygens (including phenoxy) is 1. The van der Waals surface area contributed by atoms with E-state index >= 15 is 0 Å². The number of nitrogens with zero attached hydrogens (tertiary/aromatic N) is 2. The zero-order valence-corrected chi connectivity index (χ0v) is 8.74. The topological polar surface area (TPSA) is 44.1 Å². The summed E-state index contributed by atoms with van der Waals surface area (Å²) in [6.07, 6.45) is 3.52. The highest BCUT2D eigenvalue weighted by Crippen LogP contribution is 2.00. The van der Waals surface area contributed by atoms with Crippen molar-refractivity contribution < 1.29 is 9.53 Å². The summed E-state index contributed by atoms with van der Waals surface area (Å²) in [6, 6.07) is 10.8. The van der Waals surface area contributed by atoms with Gasteiger partial charge in [0.2, 0.25) is 0 Å². The third-order valence-corrected chi connectivity index (χ3v) is 2.12. The highest BCUT2D eigenvalue weighted by atomic mass is 16.5. The van der Waals surface area contributed by atoms with E-state index in [2.05, 4.69) is 5.10 Å². The van der Waals surface area contributed by atoms with Crippen molar-refractivity contribution in [3.8, 4) is 0 Å². The molecule has 4 nitrogen and oxygen atoms in total. The van der Waals surface area contributed by atoms with Gasteiger partial charge in [-0.1, -0.05) is 18.2 Å². The Labute approximate surface area is 93.5 Å². The molecule has 0 bridgehead atoms. The van der Waals surface area contributed by atoms with Crippen LogP contribution in [0.15, 0.2) is 48.8 Å². The van der Waals surface area contributed by atoms with Gasteiger partial charge in [0, 0.05) is 12.4 Å². The summed E-state index contributed by atoms with van der Waals surface area (Å²) in [4.78, 5) is 11.5. The molecule has 82 valence electrons. The molecular weight excluding hydrogens is 204 g/mol. The number of carbonyl (C=O) groups is 1. The molecule has 0 saturated carbocycles. The van der Waals surface area contributed by atoms with Gasteiger partial charge in [-0.2, -0.15) is 5.10 Å². The van der Waals surface area contributed by atoms with Crippen molar-refractivity contribution in [2.45, 2.75) is 6.54 Å². The average Bonchev–Trinajstić information content (AvgIpc) is 2.83. The fourth-order valence-electron chi connectivity index (χ4n) is 1.32. The minimum atomic E-state index is -0.298. The normalized spacial score (nSPS) is 10.0. The van der Waals surface area contributed by atoms with Gasteiger partial charge in [0.1, 0.15) is 6.61 Å². The SMILES string of the molecule is O=C(OCCn1cccn1)c1ccccc1. The number of rotatable bonds is 4. The van der Waals surface area contributed by atoms with E-state index in [4.69, 9.17) is 4.74 Å². The minimum absolute atomic E-state index is 0.298. The van der Waals surface area contributed by atoms with E-state index in [1.807, 2.05) is 30.5 Å². The predicted octanol–water partition coefficient (Wildman–Crippen LogP) is 1.74. The molecule has 4 heteroatoms. The Hall–Kier alpha value is -2.10. The van der Waals surface area contributed by atoms with Crippen LogP contribution in [0.3, 0.4) is 0 Å². The van der Waals surface area contributed by atoms with Crippen LogP contribution >= 0.6 is 0 Å². The Morgan fingerprint density at radius 1 is 1.25 bits per heavy atom. The molecule has 0 saturated heterocycles. The first kappa shape index (κ1) is 10.4. The fraction of sp³-hybridized carbons (Fsp3) is 0.167. The Morgan fingerprint density at radius 3 is 2.75 bits per heavy atom. The average molecular weight is 216 g/mol. The molecule has 0 aliphatic heterocycles. The molecule has 1 heterocycles. The lowest BCUT2D eigenvalue weighted by Gasteiger charge is -2.04. The molecule has 0 atom stereocenters. The van der Waals surface area contributed by atoms with Crippen LogP contribution < -0.4 is 0 Å². The minimum Gasteiger partial charge on any atom is -0.460 e. The molecular formula is C12H12N2O2. The highest BCUT2D eigenvalue weighted by molar-refractivity contribution is 5.89. The first-order valence-corrected chi connectivity index (χ1v) is 5.06. The molecule has 1 aromatic heterocycles. The van der Waals surface area contributed by atoms with Gasteiger partial charge in [-0.25, -0.2) is 4.79 Å². The zero-order valence-electron chi connectivity index (χ0n) is 8.74. The second-order valence-corrected chi connectivity index (χ2v) is 3.27. The lowest BCUT2D eigenvalue weighted by molar-refractivity contribution is 0.0487. The number of hydrogen-bond donors (Lipinski definition) is 0. The van der Waals surface area contributed by atoms with Crippen molar-refractivity contribution in [1.82, 2.24) is 9.78 Å². The van der Waals surface area contributed by atoms with Gasteiger partial charge in [0.15, 0.2) is 0 Å². The summed E-state index contributed by atoms with van der Waals surface area (Å²) in [5, 5.41) is 4.01. The third-order valence-electron chi connectivity index (χ3n) is 2.12. The van der Waals surface area contributed by atoms with Gasteiger partial charge in [-0.3, -0.25) is 4.68 Å². The first-order chi connectivity index (χ1) is 7.86. The van der Waals surface area contributed by atoms with Crippen LogP contribution in [0, 0.1) is 0 Å². The molecule has 0 fully saturated rings. The van der Waals surface area contributed by atoms with Gasteiger partial charge in [-0.15, -0.1) is 0 Å². The largest absolute Gasteiger partial charge is 0.460 e. The van der Waals surface area contributed by atoms with Crippen molar-refractivity contribution in [3.05, 3.63) is 54.4 Å². The van der Waals surface area contributed by atoms with Crippen LogP contribution in [0.25, 0.3) is 0 Å². The molecule has 0 N–H and O–H groups in total. The van der Waals surface area contributed by atoms with Crippen molar-refractivity contribution in [1.29, 1.82) is 0 Å². The zero-order chi connectivity index (χ0) is 11.2. The number of esters is 1. The third kappa shape index (κ3) is 2.70. The standard InChI is InChI=1S/C12H12N2O2/c15-12(11-5-2-1-3-6-11)16-10-9-14-8-4-7-13-14/h1-8H,9-10H2. The number of aromatic nitrogens is 2. The maximum absolute atomic E-state index is 11.5. The molecule has 0 radical (unpaired) electrons. The number of hydrogen-bond acceptors (Lipinski definition) is 3. The van der Waals surface area contributed by atoms with Crippen LogP contribution in [0.2, 0.25) is 0 Å². The van der Waals surface area contributed by atoms with E-state index in [-0.39, 0.29) is 5.97 Å². The van der Waals surface area contributed by atoms with E-state index in [1.54, 1.807) is 23.0 Å². The lowest BCUT2D eigenvalue weighted by atomic mass is 10.2. The highest BCUT2D eigenvalue weighted by Gasteiger charge is 2.04. The Balaban J connectivity index is 1.81. The summed E-state index contributed by atoms with van der Waals surface area (Å²) < 4.78 is 6.82. The van der Waals surface area contributed by atoms with Crippen LogP contribution in [0.5, 0.6) is 0 Å². The van der Waals surface area contributed by atoms with E-state index in [1.165, 1.54) is 0 Å². The van der Waals surface area contributed by atoms with E-state index in [9.17, 15) is 4.79 Å². The summed E-state index contributed by atoms with van der Waals surface area (Å²) in [5.74, 6) is -0.298. The van der Waals surface area contributed by atoms with Crippen molar-refractivity contribution in [2.24, 2.45) is 0 Å². The van der Waals surface area contributed by atoms with Crippen LogP contribution in [-0.2, 0) is 11.3 Å². The molecule has 0 spiro atoms. The summed E-state index contributed by atoms with van der Waals surface area (Å²) in [7, 11) is 0. The van der Waals surface area contributed by atoms with E-state index in [0.29, 0.717) is 18.7 Å². The summed E-state index contributed by atoms with van der Waals surface area (Å²) in [6.45, 7) is 0.904. The quantitative estimate of drug-likeness (QED) is 0.731. The monoisotopic (exact) mass is 216 g/mol. The number of benzene rings is 1. The second kappa shape index (κ2) is 5.11. The lowest BCUT2D eigenvalue weighted by Crippen LogP contribution is -2.11. The van der Waals surface area contributed by atoms with E-state index < -0.39 is 0 Å². The molecule has 0 unspecified atom stereocenters. The Morgan fingerprint density at radius 2 is 2.06 bits per heavy atom. The molecule has 16 heavy (non-hydrogen) atoms. The van der Waals surface area contributed by atoms with Crippen LogP contribution in [-0.4, -0.2) is 22.4 Å². The van der Waals surface area contributed by atoms with Crippen molar-refractivity contribution in [3.63, 3.8) is 0 Å². The molecule has 2 aromatic rings. The van der Waals surface area contributed by atoms with Crippen molar-refractivity contribution in [2.75, 3.05) is 6.61 Å². The van der Waals surface area contributed by atoms with Gasteiger partial charge in [0.25, 0.3) is 0 Å². The van der Waals surface area contributed by atoms with E-state index in [0.717, 1.165) is 0 Å². The second-order valence-electron chi connectivity index (χ2n) is 3.27. The fourth-order valence-corrected chi connectivity index (χ4v) is 1.32. The van der Waals surface area contributed by atoms with Crippen LogP contribution in [0.4, 0.5) is 0 Å². The Kier molecular flexibility index (Phi) is 3.33. The Bertz CT molecular complexity index is 437. The van der Waals surface area contributed by atoms with Crippen LogP contribution in [0.1, 0.15) is 10.4 Å². The van der Waals surface area contributed by atoms with Gasteiger partial charge in [-0.05, 0) is 18.2 Å². The maximum Gasteiger partial charge on any atom is 0.338 e. The molecule has 0 aliphatic carbocycles. The molecule has 1 aromatic carbocycles. The van der Waals surface area contributed by atoms with Gasteiger partial charge in [0.05, 0.1) is 12.1 Å². The van der Waals surface area contributed by atoms with Crippen molar-refractivity contribution >= 4 is 5.97 Å². The first-order valence-electron chi connectivity index (χ1n) is 5.06. The molecule has 0 aliphatic rings. The predicted molar refractivity (Wildman–Crippen MR) is 59.0 cm³/mol. The number of carbonyl (C=O) groups excluding carboxylic acids is 1. The molecule has 2 rings (SSSR count). The maximum atomic E-state index is 11.5. The molecule has 0 amide bonds. The summed E-state index contributed by atoms with van der Waals surface area (Å²) >= 11 is 0. The smallest absolute Gasteiger partial charge is 0.338 e. The van der Waals surface area contributed by atoms with Gasteiger partial charge >= 0.3 is 5.97 Å². The summed E-state index contributed by atoms with van der Waals surface area (Å²) in [5.41, 5.74) is 0.572. The van der Waals surface area contributed by atoms with Gasteiger partial charge < -0.3 is 4.74 Å².